The SMILES string of the molecule is COC(=O)[C@@H]1CCCN1C(=O)CN(C)C(=O)[C@@H](N)CCC(N)C(=O)OCc1ccccc1. The molecule has 0 bridgehead atoms. The lowest BCUT2D eigenvalue weighted by atomic mass is 10.1. The summed E-state index contributed by atoms with van der Waals surface area (Å²) >= 11 is 0. The molecule has 1 heterocycles. The third kappa shape index (κ3) is 7.03. The molecule has 2 rings (SSSR count). The van der Waals surface area contributed by atoms with E-state index in [1.54, 1.807) is 0 Å². The minimum absolute atomic E-state index is 0.117. The highest BCUT2D eigenvalue weighted by molar-refractivity contribution is 5.90. The molecule has 32 heavy (non-hydrogen) atoms. The molecular formula is C22H32N4O6. The summed E-state index contributed by atoms with van der Waals surface area (Å²) in [6, 6.07) is 6.76. The number of esters is 2. The lowest BCUT2D eigenvalue weighted by Crippen LogP contribution is -2.49. The van der Waals surface area contributed by atoms with E-state index in [0.29, 0.717) is 19.4 Å². The van der Waals surface area contributed by atoms with Crippen LogP contribution in [0.3, 0.4) is 0 Å². The van der Waals surface area contributed by atoms with E-state index in [2.05, 4.69) is 0 Å². The van der Waals surface area contributed by atoms with E-state index in [4.69, 9.17) is 20.9 Å². The summed E-state index contributed by atoms with van der Waals surface area (Å²) in [5.74, 6) is -1.83. The van der Waals surface area contributed by atoms with Crippen LogP contribution in [0.2, 0.25) is 0 Å². The lowest BCUT2D eigenvalue weighted by molar-refractivity contribution is -0.152. The molecule has 1 aromatic carbocycles. The van der Waals surface area contributed by atoms with Crippen LogP contribution in [-0.2, 0) is 35.3 Å². The van der Waals surface area contributed by atoms with Crippen LogP contribution in [0, 0.1) is 0 Å². The Morgan fingerprint density at radius 1 is 1.12 bits per heavy atom. The van der Waals surface area contributed by atoms with Crippen molar-refractivity contribution in [3.63, 3.8) is 0 Å². The fraction of sp³-hybridized carbons (Fsp3) is 0.545. The quantitative estimate of drug-likeness (QED) is 0.468. The molecule has 0 spiro atoms. The van der Waals surface area contributed by atoms with Crippen molar-refractivity contribution >= 4 is 23.8 Å². The minimum atomic E-state index is -0.921. The maximum atomic E-state index is 12.6. The largest absolute Gasteiger partial charge is 0.467 e. The van der Waals surface area contributed by atoms with E-state index >= 15 is 0 Å². The van der Waals surface area contributed by atoms with E-state index in [1.807, 2.05) is 30.3 Å². The van der Waals surface area contributed by atoms with E-state index in [0.717, 1.165) is 5.56 Å². The number of hydrogen-bond acceptors (Lipinski definition) is 8. The van der Waals surface area contributed by atoms with Gasteiger partial charge in [0.1, 0.15) is 18.7 Å². The number of likely N-dealkylation sites (N-methyl/N-ethyl adjacent to an activating group) is 1. The van der Waals surface area contributed by atoms with Crippen LogP contribution in [0.25, 0.3) is 0 Å². The second-order valence-electron chi connectivity index (χ2n) is 7.85. The van der Waals surface area contributed by atoms with Gasteiger partial charge in [0.2, 0.25) is 11.8 Å². The third-order valence-electron chi connectivity index (χ3n) is 5.43. The van der Waals surface area contributed by atoms with Crippen LogP contribution < -0.4 is 11.5 Å². The Hall–Kier alpha value is -2.98. The van der Waals surface area contributed by atoms with Crippen LogP contribution in [0.15, 0.2) is 30.3 Å². The van der Waals surface area contributed by atoms with Crippen molar-refractivity contribution in [1.29, 1.82) is 0 Å². The Balaban J connectivity index is 1.76. The Labute approximate surface area is 187 Å². The van der Waals surface area contributed by atoms with Crippen molar-refractivity contribution in [3.05, 3.63) is 35.9 Å². The first-order valence-electron chi connectivity index (χ1n) is 10.6. The summed E-state index contributed by atoms with van der Waals surface area (Å²) in [5, 5.41) is 0. The van der Waals surface area contributed by atoms with Gasteiger partial charge in [-0.15, -0.1) is 0 Å². The average molecular weight is 449 g/mol. The molecule has 1 aromatic rings. The number of nitrogens with two attached hydrogens (primary N) is 2. The van der Waals surface area contributed by atoms with Gasteiger partial charge in [-0.3, -0.25) is 14.4 Å². The van der Waals surface area contributed by atoms with Gasteiger partial charge in [-0.1, -0.05) is 30.3 Å². The number of carbonyl (C=O) groups is 4. The standard InChI is InChI=1S/C22H32N4O6/c1-25(13-19(27)26-12-6-9-18(26)22(30)31-2)20(28)16(23)10-11-17(24)21(29)32-14-15-7-4-3-5-8-15/h3-5,7-8,16-18H,6,9-14,23-24H2,1-2H3/t16-,17?,18-/m0/s1. The molecule has 1 aliphatic rings. The first-order chi connectivity index (χ1) is 15.2. The molecule has 10 nitrogen and oxygen atoms in total. The highest BCUT2D eigenvalue weighted by Gasteiger charge is 2.35. The zero-order valence-electron chi connectivity index (χ0n) is 18.6. The highest BCUT2D eigenvalue weighted by atomic mass is 16.5. The summed E-state index contributed by atoms with van der Waals surface area (Å²) < 4.78 is 9.93. The number of hydrogen-bond donors (Lipinski definition) is 2. The molecule has 1 aliphatic heterocycles. The van der Waals surface area contributed by atoms with Crippen molar-refractivity contribution in [2.24, 2.45) is 11.5 Å². The fourth-order valence-corrected chi connectivity index (χ4v) is 3.54. The van der Waals surface area contributed by atoms with Gasteiger partial charge in [-0.2, -0.15) is 0 Å². The van der Waals surface area contributed by atoms with Crippen LogP contribution >= 0.6 is 0 Å². The Bertz CT molecular complexity index is 803. The van der Waals surface area contributed by atoms with Gasteiger partial charge in [-0.05, 0) is 31.2 Å². The number of benzene rings is 1. The molecule has 0 aliphatic carbocycles. The maximum absolute atomic E-state index is 12.6. The van der Waals surface area contributed by atoms with Gasteiger partial charge in [-0.25, -0.2) is 4.79 Å². The van der Waals surface area contributed by atoms with Crippen LogP contribution in [0.5, 0.6) is 0 Å². The lowest BCUT2D eigenvalue weighted by Gasteiger charge is -2.27. The monoisotopic (exact) mass is 448 g/mol. The van der Waals surface area contributed by atoms with Crippen LogP contribution in [0.4, 0.5) is 0 Å². The molecular weight excluding hydrogens is 416 g/mol. The second kappa shape index (κ2) is 12.2. The number of amides is 2. The van der Waals surface area contributed by atoms with E-state index in [1.165, 1.54) is 24.0 Å². The molecule has 1 fully saturated rings. The normalized spacial score (nSPS) is 17.4. The molecule has 0 aromatic heterocycles. The second-order valence-corrected chi connectivity index (χ2v) is 7.85. The van der Waals surface area contributed by atoms with Crippen molar-refractivity contribution in [1.82, 2.24) is 9.80 Å². The Morgan fingerprint density at radius 2 is 1.78 bits per heavy atom. The number of likely N-dealkylation sites (tertiary alicyclic amines) is 1. The molecule has 3 atom stereocenters. The van der Waals surface area contributed by atoms with Crippen LogP contribution in [-0.4, -0.2) is 78.9 Å². The molecule has 176 valence electrons. The van der Waals surface area contributed by atoms with Gasteiger partial charge in [0.15, 0.2) is 0 Å². The van der Waals surface area contributed by atoms with Crippen molar-refractivity contribution in [2.75, 3.05) is 27.2 Å². The molecule has 1 unspecified atom stereocenters. The molecule has 2 amide bonds. The zero-order chi connectivity index (χ0) is 23.7. The summed E-state index contributed by atoms with van der Waals surface area (Å²) in [5.41, 5.74) is 12.7. The fourth-order valence-electron chi connectivity index (χ4n) is 3.54. The summed E-state index contributed by atoms with van der Waals surface area (Å²) in [4.78, 5) is 51.6. The van der Waals surface area contributed by atoms with E-state index < -0.39 is 36.0 Å². The predicted octanol–water partition coefficient (Wildman–Crippen LogP) is -0.213. The maximum Gasteiger partial charge on any atom is 0.328 e. The van der Waals surface area contributed by atoms with E-state index in [-0.39, 0.29) is 31.9 Å². The molecule has 1 saturated heterocycles. The third-order valence-corrected chi connectivity index (χ3v) is 5.43. The highest BCUT2D eigenvalue weighted by Crippen LogP contribution is 2.18. The molecule has 0 saturated carbocycles. The van der Waals surface area contributed by atoms with Gasteiger partial charge in [0, 0.05) is 13.6 Å². The summed E-state index contributed by atoms with van der Waals surface area (Å²) in [6.07, 6.45) is 1.56. The van der Waals surface area contributed by atoms with Crippen molar-refractivity contribution in [2.45, 2.75) is 50.4 Å². The summed E-state index contributed by atoms with van der Waals surface area (Å²) in [6.45, 7) is 0.351. The average Bonchev–Trinajstić information content (AvgIpc) is 3.30. The number of carbonyl (C=O) groups excluding carboxylic acids is 4. The molecule has 0 radical (unpaired) electrons. The number of ether oxygens (including phenoxy) is 2. The first kappa shape index (κ1) is 25.3. The molecule has 4 N–H and O–H groups in total. The van der Waals surface area contributed by atoms with E-state index in [9.17, 15) is 19.2 Å². The Morgan fingerprint density at radius 3 is 2.44 bits per heavy atom. The van der Waals surface area contributed by atoms with Crippen molar-refractivity contribution < 1.29 is 28.7 Å². The first-order valence-corrected chi connectivity index (χ1v) is 10.6. The minimum Gasteiger partial charge on any atom is -0.467 e. The smallest absolute Gasteiger partial charge is 0.328 e. The van der Waals surface area contributed by atoms with Crippen molar-refractivity contribution in [3.8, 4) is 0 Å². The van der Waals surface area contributed by atoms with Gasteiger partial charge >= 0.3 is 11.9 Å². The number of rotatable bonds is 10. The molecule has 10 heteroatoms. The Kier molecular flexibility index (Phi) is 9.61. The number of nitrogens with zero attached hydrogens (tertiary/aromatic N) is 2. The van der Waals surface area contributed by atoms with Gasteiger partial charge in [0.25, 0.3) is 0 Å². The van der Waals surface area contributed by atoms with Gasteiger partial charge < -0.3 is 30.7 Å². The zero-order valence-corrected chi connectivity index (χ0v) is 18.6. The van der Waals surface area contributed by atoms with Crippen LogP contribution in [0.1, 0.15) is 31.2 Å². The predicted molar refractivity (Wildman–Crippen MR) is 116 cm³/mol. The topological polar surface area (TPSA) is 145 Å². The summed E-state index contributed by atoms with van der Waals surface area (Å²) in [7, 11) is 2.75. The number of methoxy groups -OCH3 is 1. The van der Waals surface area contributed by atoms with Gasteiger partial charge in [0.05, 0.1) is 19.7 Å².